The number of methoxy groups -OCH3 is 1. The van der Waals surface area contributed by atoms with Gasteiger partial charge in [0.15, 0.2) is 6.61 Å². The Morgan fingerprint density at radius 1 is 1.12 bits per heavy atom. The van der Waals surface area contributed by atoms with E-state index in [-0.39, 0.29) is 22.7 Å². The van der Waals surface area contributed by atoms with E-state index in [4.69, 9.17) is 13.6 Å². The van der Waals surface area contributed by atoms with Crippen molar-refractivity contribution in [2.24, 2.45) is 0 Å². The average Bonchev–Trinajstić information content (AvgIpc) is 3.30. The van der Waals surface area contributed by atoms with Gasteiger partial charge in [-0.2, -0.15) is 9.78 Å². The Bertz CT molecular complexity index is 1620. The number of hydrogen-bond acceptors (Lipinski definition) is 7. The van der Waals surface area contributed by atoms with E-state index in [9.17, 15) is 13.6 Å². The molecule has 0 N–H and O–H groups in total. The zero-order chi connectivity index (χ0) is 25.4. The van der Waals surface area contributed by atoms with Crippen molar-refractivity contribution >= 4 is 32.6 Å². The molecular weight excluding hydrogens is 450 g/mol. The maximum atomic E-state index is 13.7. The third kappa shape index (κ3) is 4.00. The minimum atomic E-state index is -2.69. The van der Waals surface area contributed by atoms with E-state index in [1.165, 1.54) is 52.4 Å². The summed E-state index contributed by atoms with van der Waals surface area (Å²) in [5, 5.41) is 4.45. The molecular formula is C23H16F2N4O3S. The number of thiazole rings is 1. The van der Waals surface area contributed by atoms with E-state index in [2.05, 4.69) is 15.1 Å². The molecule has 3 aromatic heterocycles. The molecule has 0 unspecified atom stereocenters. The highest BCUT2D eigenvalue weighted by Crippen LogP contribution is 2.28. The van der Waals surface area contributed by atoms with Gasteiger partial charge in [0.2, 0.25) is 5.88 Å². The first-order chi connectivity index (χ1) is 17.2. The van der Waals surface area contributed by atoms with Crippen molar-refractivity contribution in [1.29, 1.82) is 0 Å². The molecule has 0 saturated heterocycles. The second-order valence-corrected chi connectivity index (χ2v) is 7.83. The number of alkyl halides is 2. The number of aromatic nitrogens is 4. The van der Waals surface area contributed by atoms with Crippen LogP contribution in [0.2, 0.25) is 0 Å². The van der Waals surface area contributed by atoms with Crippen molar-refractivity contribution in [2.75, 3.05) is 13.6 Å². The minimum absolute atomic E-state index is 0.0852. The molecule has 0 fully saturated rings. The number of halogens is 2. The summed E-state index contributed by atoms with van der Waals surface area (Å²) in [5.41, 5.74) is 3.46. The van der Waals surface area contributed by atoms with Crippen molar-refractivity contribution in [3.05, 3.63) is 70.5 Å². The van der Waals surface area contributed by atoms with Gasteiger partial charge in [0.05, 0.1) is 38.1 Å². The average molecular weight is 469 g/mol. The van der Waals surface area contributed by atoms with Crippen LogP contribution >= 0.6 is 11.3 Å². The second-order valence-electron chi connectivity index (χ2n) is 6.94. The predicted octanol–water partition coefficient (Wildman–Crippen LogP) is 4.71. The molecule has 0 bridgehead atoms. The largest absolute Gasteiger partial charge is 0.497 e. The van der Waals surface area contributed by atoms with Crippen LogP contribution in [0.1, 0.15) is 4.11 Å². The fraction of sp³-hybridized carbons (Fsp3) is 0.130. The van der Waals surface area contributed by atoms with Crippen LogP contribution < -0.4 is 15.0 Å². The van der Waals surface area contributed by atoms with Gasteiger partial charge in [0.25, 0.3) is 12.0 Å². The highest BCUT2D eigenvalue weighted by atomic mass is 32.1. The van der Waals surface area contributed by atoms with Gasteiger partial charge >= 0.3 is 0 Å². The Labute approximate surface area is 194 Å². The summed E-state index contributed by atoms with van der Waals surface area (Å²) in [5.74, 6) is -0.00145. The monoisotopic (exact) mass is 469 g/mol. The van der Waals surface area contributed by atoms with Crippen LogP contribution in [0.15, 0.2) is 64.9 Å². The summed E-state index contributed by atoms with van der Waals surface area (Å²) in [4.78, 5) is 22.2. The van der Waals surface area contributed by atoms with Gasteiger partial charge < -0.3 is 9.47 Å². The third-order valence-electron chi connectivity index (χ3n) is 4.88. The van der Waals surface area contributed by atoms with Crippen molar-refractivity contribution < 1.29 is 22.4 Å². The van der Waals surface area contributed by atoms with E-state index in [0.717, 1.165) is 10.2 Å². The van der Waals surface area contributed by atoms with Crippen molar-refractivity contribution in [3.8, 4) is 28.4 Å². The van der Waals surface area contributed by atoms with E-state index >= 15 is 0 Å². The lowest BCUT2D eigenvalue weighted by molar-refractivity contribution is 0.0798. The number of hydrogen-bond donors (Lipinski definition) is 0. The molecule has 0 aliphatic carbocycles. The fourth-order valence-electron chi connectivity index (χ4n) is 3.39. The number of fused-ring (bicyclic) bond motifs is 2. The molecule has 0 amide bonds. The van der Waals surface area contributed by atoms with Crippen molar-refractivity contribution in [1.82, 2.24) is 19.7 Å². The number of nitrogens with zero attached hydrogens (tertiary/aromatic N) is 4. The van der Waals surface area contributed by atoms with Gasteiger partial charge in [0.1, 0.15) is 16.8 Å². The Morgan fingerprint density at radius 3 is 2.73 bits per heavy atom. The fourth-order valence-corrected chi connectivity index (χ4v) is 4.10. The van der Waals surface area contributed by atoms with Crippen molar-refractivity contribution in [2.45, 2.75) is 6.43 Å². The van der Waals surface area contributed by atoms with Gasteiger partial charge in [-0.3, -0.25) is 4.79 Å². The van der Waals surface area contributed by atoms with Crippen LogP contribution in [0.25, 0.3) is 38.1 Å². The molecule has 0 spiro atoms. The summed E-state index contributed by atoms with van der Waals surface area (Å²) in [7, 11) is -2.63. The lowest BCUT2D eigenvalue weighted by Crippen LogP contribution is -2.23. The SMILES string of the molecule is [2H]C([2H])([2H])Oc1ccc(-c2c(=O)n(-c3ccc4ncsc4c3)nc3ccc(OCC(F)F)nc23)cc1. The first-order valence-corrected chi connectivity index (χ1v) is 10.5. The van der Waals surface area contributed by atoms with E-state index in [1.54, 1.807) is 23.7 Å². The van der Waals surface area contributed by atoms with Gasteiger partial charge in [-0.05, 0) is 42.0 Å². The number of ether oxygens (including phenoxy) is 2. The Kier molecular flexibility index (Phi) is 4.56. The molecule has 166 valence electrons. The lowest BCUT2D eigenvalue weighted by Gasteiger charge is -2.12. The normalized spacial score (nSPS) is 13.1. The van der Waals surface area contributed by atoms with E-state index in [0.29, 0.717) is 16.8 Å². The maximum absolute atomic E-state index is 13.7. The van der Waals surface area contributed by atoms with E-state index in [1.807, 2.05) is 0 Å². The standard InChI is InChI=1S/C23H16F2N4O3S/c1-31-15-5-2-13(3-6-15)21-22-17(8-9-20(27-22)32-11-19(24)25)28-29(23(21)30)14-4-7-16-18(10-14)33-12-26-16/h2-10,12,19H,11H2,1H3/i1D3. The Morgan fingerprint density at radius 2 is 1.94 bits per heavy atom. The minimum Gasteiger partial charge on any atom is -0.497 e. The first kappa shape index (κ1) is 17.6. The van der Waals surface area contributed by atoms with Crippen LogP contribution in [0, 0.1) is 0 Å². The van der Waals surface area contributed by atoms with Crippen LogP contribution in [-0.2, 0) is 0 Å². The molecule has 0 aliphatic rings. The van der Waals surface area contributed by atoms with E-state index < -0.39 is 25.6 Å². The van der Waals surface area contributed by atoms with Crippen molar-refractivity contribution in [3.63, 3.8) is 0 Å². The highest BCUT2D eigenvalue weighted by molar-refractivity contribution is 7.16. The van der Waals surface area contributed by atoms with Gasteiger partial charge in [-0.15, -0.1) is 11.3 Å². The molecule has 7 nitrogen and oxygen atoms in total. The summed E-state index contributed by atoms with van der Waals surface area (Å²) in [6, 6.07) is 14.1. The molecule has 0 atom stereocenters. The zero-order valence-electron chi connectivity index (χ0n) is 19.7. The smallest absolute Gasteiger partial charge is 0.281 e. The number of benzene rings is 2. The molecule has 5 rings (SSSR count). The van der Waals surface area contributed by atoms with Gasteiger partial charge in [0, 0.05) is 6.07 Å². The summed E-state index contributed by atoms with van der Waals surface area (Å²) in [6.07, 6.45) is -2.69. The predicted molar refractivity (Wildman–Crippen MR) is 122 cm³/mol. The Hall–Kier alpha value is -3.92. The molecule has 2 aromatic carbocycles. The molecule has 0 saturated carbocycles. The molecule has 10 heteroatoms. The molecule has 0 radical (unpaired) electrons. The summed E-state index contributed by atoms with van der Waals surface area (Å²) >= 11 is 1.42. The zero-order valence-corrected chi connectivity index (χ0v) is 17.6. The van der Waals surface area contributed by atoms with Crippen LogP contribution in [0.5, 0.6) is 11.6 Å². The summed E-state index contributed by atoms with van der Waals surface area (Å²) in [6.45, 7) is -0.853. The maximum Gasteiger partial charge on any atom is 0.281 e. The van der Waals surface area contributed by atoms with Crippen LogP contribution in [0.3, 0.4) is 0 Å². The van der Waals surface area contributed by atoms with Gasteiger partial charge in [-0.1, -0.05) is 12.1 Å². The van der Waals surface area contributed by atoms with Crippen LogP contribution in [-0.4, -0.2) is 39.8 Å². The molecule has 5 aromatic rings. The molecule has 33 heavy (non-hydrogen) atoms. The number of rotatable bonds is 6. The Balaban J connectivity index is 1.69. The van der Waals surface area contributed by atoms with Crippen LogP contribution in [0.4, 0.5) is 8.78 Å². The molecule has 3 heterocycles. The van der Waals surface area contributed by atoms with Gasteiger partial charge in [-0.25, -0.2) is 18.7 Å². The quantitative estimate of drug-likeness (QED) is 0.358. The second kappa shape index (κ2) is 8.55. The third-order valence-corrected chi connectivity index (χ3v) is 5.67. The first-order valence-electron chi connectivity index (χ1n) is 11.2. The number of pyridine rings is 1. The molecule has 0 aliphatic heterocycles. The topological polar surface area (TPSA) is 79.1 Å². The lowest BCUT2D eigenvalue weighted by atomic mass is 10.1. The summed E-state index contributed by atoms with van der Waals surface area (Å²) < 4.78 is 59.1. The highest BCUT2D eigenvalue weighted by Gasteiger charge is 2.18.